The van der Waals surface area contributed by atoms with Crippen molar-refractivity contribution in [3.63, 3.8) is 0 Å². The summed E-state index contributed by atoms with van der Waals surface area (Å²) in [6.45, 7) is 0.238. The molecule has 0 radical (unpaired) electrons. The number of nitriles is 1. The van der Waals surface area contributed by atoms with Gasteiger partial charge in [0.2, 0.25) is 5.91 Å². The number of thioether (sulfide) groups is 1. The highest BCUT2D eigenvalue weighted by Gasteiger charge is 2.40. The van der Waals surface area contributed by atoms with E-state index in [1.165, 1.54) is 34.9 Å². The monoisotopic (exact) mass is 410 g/mol. The Hall–Kier alpha value is -3.38. The fourth-order valence-corrected chi connectivity index (χ4v) is 4.76. The van der Waals surface area contributed by atoms with E-state index in [0.29, 0.717) is 22.0 Å². The number of anilines is 1. The topological polar surface area (TPSA) is 90.5 Å². The van der Waals surface area contributed by atoms with Crippen LogP contribution in [0.2, 0.25) is 0 Å². The van der Waals surface area contributed by atoms with E-state index in [-0.39, 0.29) is 30.5 Å². The summed E-state index contributed by atoms with van der Waals surface area (Å²) < 4.78 is 13.2. The van der Waals surface area contributed by atoms with Gasteiger partial charge in [0.1, 0.15) is 5.82 Å². The van der Waals surface area contributed by atoms with Crippen LogP contribution in [-0.2, 0) is 4.79 Å². The molecule has 1 atom stereocenters. The zero-order valence-corrected chi connectivity index (χ0v) is 15.9. The highest BCUT2D eigenvalue weighted by Crippen LogP contribution is 2.45. The molecule has 0 bridgehead atoms. The summed E-state index contributed by atoms with van der Waals surface area (Å²) in [5, 5.41) is 21.8. The van der Waals surface area contributed by atoms with Crippen molar-refractivity contribution >= 4 is 29.0 Å². The lowest BCUT2D eigenvalue weighted by Gasteiger charge is -2.42. The standard InChI is InChI=1S/C20H15FN4O3S/c21-13-5-7-14(8-6-13)23-11-24-19(26)9-16(17(10-22)20(24)29-12-23)15-3-1-2-4-18(15)25(27)28/h1-8,16H,9,11-12H2. The minimum atomic E-state index is -0.648. The van der Waals surface area contributed by atoms with Gasteiger partial charge in [-0.25, -0.2) is 4.39 Å². The fourth-order valence-electron chi connectivity index (χ4n) is 3.59. The lowest BCUT2D eigenvalue weighted by atomic mass is 9.85. The molecule has 0 N–H and O–H groups in total. The molecule has 146 valence electrons. The van der Waals surface area contributed by atoms with Gasteiger partial charge in [0, 0.05) is 29.7 Å². The third-order valence-corrected chi connectivity index (χ3v) is 6.15. The molecule has 2 aromatic carbocycles. The minimum Gasteiger partial charge on any atom is -0.344 e. The van der Waals surface area contributed by atoms with Gasteiger partial charge in [0.15, 0.2) is 0 Å². The second-order valence-electron chi connectivity index (χ2n) is 6.66. The molecule has 1 unspecified atom stereocenters. The van der Waals surface area contributed by atoms with Gasteiger partial charge in [0.05, 0.1) is 34.1 Å². The first-order valence-corrected chi connectivity index (χ1v) is 9.79. The first-order chi connectivity index (χ1) is 14.0. The van der Waals surface area contributed by atoms with Gasteiger partial charge in [-0.3, -0.25) is 19.8 Å². The van der Waals surface area contributed by atoms with E-state index in [1.54, 1.807) is 30.3 Å². The van der Waals surface area contributed by atoms with Crippen LogP contribution in [0.25, 0.3) is 0 Å². The van der Waals surface area contributed by atoms with Crippen LogP contribution in [0.1, 0.15) is 17.9 Å². The summed E-state index contributed by atoms with van der Waals surface area (Å²) in [7, 11) is 0. The summed E-state index contributed by atoms with van der Waals surface area (Å²) in [6, 6.07) is 14.4. The summed E-state index contributed by atoms with van der Waals surface area (Å²) in [4.78, 5) is 27.3. The van der Waals surface area contributed by atoms with E-state index >= 15 is 0 Å². The maximum Gasteiger partial charge on any atom is 0.273 e. The number of nitro groups is 1. The third-order valence-electron chi connectivity index (χ3n) is 4.99. The lowest BCUT2D eigenvalue weighted by Crippen LogP contribution is -2.47. The van der Waals surface area contributed by atoms with E-state index in [9.17, 15) is 24.6 Å². The Labute approximate surface area is 170 Å². The Morgan fingerprint density at radius 3 is 2.62 bits per heavy atom. The van der Waals surface area contributed by atoms with Crippen molar-refractivity contribution < 1.29 is 14.1 Å². The van der Waals surface area contributed by atoms with Crippen LogP contribution in [0.4, 0.5) is 15.8 Å². The average Bonchev–Trinajstić information content (AvgIpc) is 2.74. The predicted molar refractivity (Wildman–Crippen MR) is 106 cm³/mol. The van der Waals surface area contributed by atoms with Gasteiger partial charge in [-0.1, -0.05) is 30.0 Å². The number of benzene rings is 2. The molecule has 2 heterocycles. The summed E-state index contributed by atoms with van der Waals surface area (Å²) >= 11 is 1.33. The number of nitro benzene ring substituents is 1. The van der Waals surface area contributed by atoms with Crippen LogP contribution in [-0.4, -0.2) is 28.3 Å². The molecule has 29 heavy (non-hydrogen) atoms. The maximum absolute atomic E-state index is 13.2. The third kappa shape index (κ3) is 3.43. The molecule has 1 fully saturated rings. The Balaban J connectivity index is 1.70. The van der Waals surface area contributed by atoms with Crippen molar-refractivity contribution in [2.24, 2.45) is 0 Å². The fraction of sp³-hybridized carbons (Fsp3) is 0.200. The van der Waals surface area contributed by atoms with E-state index < -0.39 is 10.8 Å². The molecule has 4 rings (SSSR count). The smallest absolute Gasteiger partial charge is 0.273 e. The minimum absolute atomic E-state index is 0.0188. The second kappa shape index (κ2) is 7.56. The number of para-hydroxylation sites is 1. The number of nitrogens with zero attached hydrogens (tertiary/aromatic N) is 4. The summed E-state index contributed by atoms with van der Waals surface area (Å²) in [6.07, 6.45) is -0.0188. The Morgan fingerprint density at radius 1 is 1.21 bits per heavy atom. The molecule has 0 aliphatic carbocycles. The molecular formula is C20H15FN4O3S. The van der Waals surface area contributed by atoms with Crippen LogP contribution < -0.4 is 4.90 Å². The van der Waals surface area contributed by atoms with Gasteiger partial charge in [-0.2, -0.15) is 5.26 Å². The largest absolute Gasteiger partial charge is 0.344 e. The number of carbonyl (C=O) groups excluding carboxylic acids is 1. The highest BCUT2D eigenvalue weighted by atomic mass is 32.2. The zero-order chi connectivity index (χ0) is 20.5. The number of rotatable bonds is 3. The Morgan fingerprint density at radius 2 is 1.93 bits per heavy atom. The number of carbonyl (C=O) groups is 1. The van der Waals surface area contributed by atoms with Crippen molar-refractivity contribution in [1.82, 2.24) is 4.90 Å². The number of hydrogen-bond donors (Lipinski definition) is 0. The number of amides is 1. The lowest BCUT2D eigenvalue weighted by molar-refractivity contribution is -0.385. The maximum atomic E-state index is 13.2. The van der Waals surface area contributed by atoms with Gasteiger partial charge >= 0.3 is 0 Å². The number of allylic oxidation sites excluding steroid dienone is 1. The van der Waals surface area contributed by atoms with Crippen molar-refractivity contribution in [2.45, 2.75) is 12.3 Å². The molecule has 1 saturated heterocycles. The molecule has 2 aliphatic rings. The number of fused-ring (bicyclic) bond motifs is 1. The van der Waals surface area contributed by atoms with Gasteiger partial charge < -0.3 is 4.90 Å². The quantitative estimate of drug-likeness (QED) is 0.562. The molecule has 0 spiro atoms. The zero-order valence-electron chi connectivity index (χ0n) is 15.1. The van der Waals surface area contributed by atoms with Gasteiger partial charge in [-0.15, -0.1) is 0 Å². The van der Waals surface area contributed by atoms with Crippen molar-refractivity contribution in [3.8, 4) is 6.07 Å². The first kappa shape index (κ1) is 19.0. The van der Waals surface area contributed by atoms with Crippen LogP contribution >= 0.6 is 11.8 Å². The molecule has 2 aliphatic heterocycles. The molecule has 9 heteroatoms. The number of hydrogen-bond acceptors (Lipinski definition) is 6. The Kier molecular flexibility index (Phi) is 4.94. The molecular weight excluding hydrogens is 395 g/mol. The van der Waals surface area contributed by atoms with Crippen molar-refractivity contribution in [3.05, 3.63) is 80.6 Å². The van der Waals surface area contributed by atoms with Crippen molar-refractivity contribution in [1.29, 1.82) is 5.26 Å². The SMILES string of the molecule is N#CC1=C2SCN(c3ccc(F)cc3)CN2C(=O)CC1c1ccccc1[N+](=O)[O-]. The molecule has 2 aromatic rings. The normalized spacial score (nSPS) is 19.0. The average molecular weight is 410 g/mol. The van der Waals surface area contributed by atoms with E-state index in [1.807, 2.05) is 4.90 Å². The molecule has 0 aromatic heterocycles. The van der Waals surface area contributed by atoms with Crippen LogP contribution in [0.15, 0.2) is 59.1 Å². The molecule has 7 nitrogen and oxygen atoms in total. The van der Waals surface area contributed by atoms with E-state index in [0.717, 1.165) is 5.69 Å². The summed E-state index contributed by atoms with van der Waals surface area (Å²) in [5.74, 6) is -0.724. The highest BCUT2D eigenvalue weighted by molar-refractivity contribution is 8.03. The molecule has 1 amide bonds. The Bertz CT molecular complexity index is 1060. The second-order valence-corrected chi connectivity index (χ2v) is 7.59. The van der Waals surface area contributed by atoms with Crippen LogP contribution in [0.3, 0.4) is 0 Å². The van der Waals surface area contributed by atoms with E-state index in [4.69, 9.17) is 0 Å². The molecule has 0 saturated carbocycles. The first-order valence-electron chi connectivity index (χ1n) is 8.81. The van der Waals surface area contributed by atoms with Gasteiger partial charge in [-0.05, 0) is 24.3 Å². The van der Waals surface area contributed by atoms with Crippen LogP contribution in [0, 0.1) is 27.3 Å². The predicted octanol–water partition coefficient (Wildman–Crippen LogP) is 3.95. The van der Waals surface area contributed by atoms with Crippen LogP contribution in [0.5, 0.6) is 0 Å². The summed E-state index contributed by atoms with van der Waals surface area (Å²) in [5.41, 5.74) is 1.41. The number of halogens is 1. The van der Waals surface area contributed by atoms with Gasteiger partial charge in [0.25, 0.3) is 5.69 Å². The van der Waals surface area contributed by atoms with E-state index in [2.05, 4.69) is 6.07 Å². The van der Waals surface area contributed by atoms with Crippen molar-refractivity contribution in [2.75, 3.05) is 17.4 Å².